The van der Waals surface area contributed by atoms with Crippen LogP contribution in [-0.2, 0) is 4.79 Å². The van der Waals surface area contributed by atoms with Crippen LogP contribution in [0.4, 0.5) is 0 Å². The van der Waals surface area contributed by atoms with Gasteiger partial charge >= 0.3 is 0 Å². The van der Waals surface area contributed by atoms with E-state index in [2.05, 4.69) is 13.8 Å². The maximum atomic E-state index is 11.7. The molecule has 0 heterocycles. The predicted molar refractivity (Wildman–Crippen MR) is 63.5 cm³/mol. The molecule has 0 aromatic heterocycles. The standard InChI is InChI=1S/C10H22N2OS/c1-3-6-12(7-4-2)10(13)9-14-8-5-11/h3-9,11H2,1-2H3. The minimum Gasteiger partial charge on any atom is -0.342 e. The Bertz CT molecular complexity index is 147. The Morgan fingerprint density at radius 3 is 2.29 bits per heavy atom. The van der Waals surface area contributed by atoms with Gasteiger partial charge in [-0.3, -0.25) is 4.79 Å². The third-order valence-electron chi connectivity index (χ3n) is 1.83. The molecule has 0 saturated carbocycles. The highest BCUT2D eigenvalue weighted by molar-refractivity contribution is 7.99. The molecule has 0 aromatic carbocycles. The van der Waals surface area contributed by atoms with E-state index in [1.54, 1.807) is 11.8 Å². The molecule has 0 fully saturated rings. The number of rotatable bonds is 8. The molecular formula is C10H22N2OS. The highest BCUT2D eigenvalue weighted by Crippen LogP contribution is 2.03. The fraction of sp³-hybridized carbons (Fsp3) is 0.900. The predicted octanol–water partition coefficient (Wildman–Crippen LogP) is 1.33. The smallest absolute Gasteiger partial charge is 0.232 e. The van der Waals surface area contributed by atoms with Gasteiger partial charge in [-0.15, -0.1) is 0 Å². The van der Waals surface area contributed by atoms with Gasteiger partial charge in [-0.1, -0.05) is 13.8 Å². The second-order valence-electron chi connectivity index (χ2n) is 3.22. The van der Waals surface area contributed by atoms with Crippen LogP contribution in [0.2, 0.25) is 0 Å². The average Bonchev–Trinajstić information content (AvgIpc) is 2.18. The molecule has 0 saturated heterocycles. The van der Waals surface area contributed by atoms with Crippen LogP contribution in [-0.4, -0.2) is 41.9 Å². The molecule has 0 spiro atoms. The van der Waals surface area contributed by atoms with E-state index < -0.39 is 0 Å². The summed E-state index contributed by atoms with van der Waals surface area (Å²) in [6, 6.07) is 0. The number of nitrogens with two attached hydrogens (primary N) is 1. The lowest BCUT2D eigenvalue weighted by molar-refractivity contribution is -0.128. The van der Waals surface area contributed by atoms with Crippen molar-refractivity contribution in [2.75, 3.05) is 31.1 Å². The summed E-state index contributed by atoms with van der Waals surface area (Å²) in [7, 11) is 0. The molecule has 0 aliphatic rings. The monoisotopic (exact) mass is 218 g/mol. The quantitative estimate of drug-likeness (QED) is 0.625. The lowest BCUT2D eigenvalue weighted by Gasteiger charge is -2.21. The maximum absolute atomic E-state index is 11.7. The topological polar surface area (TPSA) is 46.3 Å². The number of amides is 1. The number of thioether (sulfide) groups is 1. The van der Waals surface area contributed by atoms with E-state index in [0.717, 1.165) is 31.7 Å². The molecule has 1 amide bonds. The maximum Gasteiger partial charge on any atom is 0.232 e. The van der Waals surface area contributed by atoms with E-state index in [-0.39, 0.29) is 5.91 Å². The van der Waals surface area contributed by atoms with Crippen LogP contribution in [0.25, 0.3) is 0 Å². The van der Waals surface area contributed by atoms with Gasteiger partial charge in [-0.25, -0.2) is 0 Å². The van der Waals surface area contributed by atoms with E-state index in [9.17, 15) is 4.79 Å². The molecule has 4 heteroatoms. The van der Waals surface area contributed by atoms with Crippen molar-refractivity contribution in [2.24, 2.45) is 5.73 Å². The minimum absolute atomic E-state index is 0.257. The van der Waals surface area contributed by atoms with Crippen molar-refractivity contribution in [3.05, 3.63) is 0 Å². The zero-order chi connectivity index (χ0) is 10.8. The van der Waals surface area contributed by atoms with Gasteiger partial charge in [0, 0.05) is 25.4 Å². The first-order chi connectivity index (χ1) is 6.76. The van der Waals surface area contributed by atoms with Gasteiger partial charge < -0.3 is 10.6 Å². The summed E-state index contributed by atoms with van der Waals surface area (Å²) in [6.45, 7) is 6.62. The molecule has 0 aromatic rings. The summed E-state index contributed by atoms with van der Waals surface area (Å²) >= 11 is 1.63. The molecular weight excluding hydrogens is 196 g/mol. The van der Waals surface area contributed by atoms with E-state index in [1.807, 2.05) is 4.90 Å². The summed E-state index contributed by atoms with van der Waals surface area (Å²) in [5, 5.41) is 0. The van der Waals surface area contributed by atoms with E-state index >= 15 is 0 Å². The second-order valence-corrected chi connectivity index (χ2v) is 4.33. The molecule has 0 aliphatic carbocycles. The van der Waals surface area contributed by atoms with Crippen molar-refractivity contribution in [3.8, 4) is 0 Å². The van der Waals surface area contributed by atoms with Crippen LogP contribution in [0, 0.1) is 0 Å². The van der Waals surface area contributed by atoms with Gasteiger partial charge in [0.2, 0.25) is 5.91 Å². The summed E-state index contributed by atoms with van der Waals surface area (Å²) in [5.41, 5.74) is 5.36. The summed E-state index contributed by atoms with van der Waals surface area (Å²) in [5.74, 6) is 1.71. The Balaban J connectivity index is 3.76. The van der Waals surface area contributed by atoms with Crippen molar-refractivity contribution >= 4 is 17.7 Å². The number of carbonyl (C=O) groups is 1. The minimum atomic E-state index is 0.257. The first-order valence-corrected chi connectivity index (χ1v) is 6.47. The molecule has 0 atom stereocenters. The molecule has 84 valence electrons. The van der Waals surface area contributed by atoms with Crippen LogP contribution in [0.1, 0.15) is 26.7 Å². The first-order valence-electron chi connectivity index (χ1n) is 5.31. The summed E-state index contributed by atoms with van der Waals surface area (Å²) < 4.78 is 0. The van der Waals surface area contributed by atoms with Crippen LogP contribution < -0.4 is 5.73 Å². The van der Waals surface area contributed by atoms with Crippen molar-refractivity contribution in [1.82, 2.24) is 4.90 Å². The van der Waals surface area contributed by atoms with Crippen molar-refractivity contribution in [1.29, 1.82) is 0 Å². The zero-order valence-electron chi connectivity index (χ0n) is 9.29. The summed E-state index contributed by atoms with van der Waals surface area (Å²) in [6.07, 6.45) is 2.07. The second kappa shape index (κ2) is 9.34. The molecule has 0 bridgehead atoms. The first kappa shape index (κ1) is 13.8. The third-order valence-corrected chi connectivity index (χ3v) is 2.80. The fourth-order valence-corrected chi connectivity index (χ4v) is 1.90. The third kappa shape index (κ3) is 6.27. The van der Waals surface area contributed by atoms with Gasteiger partial charge in [-0.05, 0) is 12.8 Å². The molecule has 0 radical (unpaired) electrons. The molecule has 0 unspecified atom stereocenters. The van der Waals surface area contributed by atoms with Gasteiger partial charge in [0.15, 0.2) is 0 Å². The number of carbonyl (C=O) groups excluding carboxylic acids is 1. The van der Waals surface area contributed by atoms with Crippen LogP contribution >= 0.6 is 11.8 Å². The molecule has 3 nitrogen and oxygen atoms in total. The zero-order valence-corrected chi connectivity index (χ0v) is 10.1. The van der Waals surface area contributed by atoms with E-state index in [4.69, 9.17) is 5.73 Å². The average molecular weight is 218 g/mol. The van der Waals surface area contributed by atoms with Crippen LogP contribution in [0.15, 0.2) is 0 Å². The largest absolute Gasteiger partial charge is 0.342 e. The highest BCUT2D eigenvalue weighted by Gasteiger charge is 2.10. The lowest BCUT2D eigenvalue weighted by atomic mass is 10.3. The van der Waals surface area contributed by atoms with Crippen LogP contribution in [0.3, 0.4) is 0 Å². The molecule has 0 aliphatic heterocycles. The van der Waals surface area contributed by atoms with Gasteiger partial charge in [0.05, 0.1) is 5.75 Å². The van der Waals surface area contributed by atoms with Gasteiger partial charge in [0.1, 0.15) is 0 Å². The van der Waals surface area contributed by atoms with E-state index in [1.165, 1.54) is 0 Å². The number of nitrogens with zero attached hydrogens (tertiary/aromatic N) is 1. The Morgan fingerprint density at radius 1 is 1.29 bits per heavy atom. The van der Waals surface area contributed by atoms with Crippen molar-refractivity contribution < 1.29 is 4.79 Å². The molecule has 14 heavy (non-hydrogen) atoms. The Morgan fingerprint density at radius 2 is 1.86 bits per heavy atom. The molecule has 2 N–H and O–H groups in total. The van der Waals surface area contributed by atoms with Crippen LogP contribution in [0.5, 0.6) is 0 Å². The van der Waals surface area contributed by atoms with E-state index in [0.29, 0.717) is 12.3 Å². The number of hydrogen-bond donors (Lipinski definition) is 1. The SMILES string of the molecule is CCCN(CCC)C(=O)CSCCN. The number of hydrogen-bond acceptors (Lipinski definition) is 3. The Kier molecular flexibility index (Phi) is 9.19. The van der Waals surface area contributed by atoms with Crippen molar-refractivity contribution in [3.63, 3.8) is 0 Å². The Labute approximate surface area is 91.4 Å². The van der Waals surface area contributed by atoms with Gasteiger partial charge in [0.25, 0.3) is 0 Å². The Hall–Kier alpha value is -0.220. The molecule has 0 rings (SSSR count). The van der Waals surface area contributed by atoms with Gasteiger partial charge in [-0.2, -0.15) is 11.8 Å². The lowest BCUT2D eigenvalue weighted by Crippen LogP contribution is -2.34. The fourth-order valence-electron chi connectivity index (χ4n) is 1.24. The van der Waals surface area contributed by atoms with Crippen molar-refractivity contribution in [2.45, 2.75) is 26.7 Å². The summed E-state index contributed by atoms with van der Waals surface area (Å²) in [4.78, 5) is 13.6. The highest BCUT2D eigenvalue weighted by atomic mass is 32.2. The normalized spacial score (nSPS) is 10.2.